The van der Waals surface area contributed by atoms with E-state index < -0.39 is 10.0 Å². The van der Waals surface area contributed by atoms with Crippen molar-refractivity contribution in [2.24, 2.45) is 5.73 Å². The van der Waals surface area contributed by atoms with Gasteiger partial charge in [0.05, 0.1) is 42.6 Å². The highest BCUT2D eigenvalue weighted by atomic mass is 32.2. The van der Waals surface area contributed by atoms with Crippen molar-refractivity contribution in [3.05, 3.63) is 48.3 Å². The summed E-state index contributed by atoms with van der Waals surface area (Å²) in [5, 5.41) is 0. The summed E-state index contributed by atoms with van der Waals surface area (Å²) >= 11 is 0. The number of pyridine rings is 1. The van der Waals surface area contributed by atoms with Crippen molar-refractivity contribution >= 4 is 26.9 Å². The fraction of sp³-hybridized carbons (Fsp3) is 0.458. The molecule has 34 heavy (non-hydrogen) atoms. The van der Waals surface area contributed by atoms with Crippen LogP contribution < -0.4 is 10.6 Å². The van der Waals surface area contributed by atoms with Gasteiger partial charge in [0.1, 0.15) is 11.3 Å². The number of nitrogens with two attached hydrogens (primary N) is 1. The van der Waals surface area contributed by atoms with E-state index >= 15 is 0 Å². The molecule has 1 atom stereocenters. The van der Waals surface area contributed by atoms with E-state index in [4.69, 9.17) is 15.5 Å². The number of benzene rings is 1. The molecule has 0 unspecified atom stereocenters. The van der Waals surface area contributed by atoms with Crippen LogP contribution >= 0.6 is 0 Å². The average Bonchev–Trinajstić information content (AvgIpc) is 2.88. The van der Waals surface area contributed by atoms with Crippen LogP contribution in [0.5, 0.6) is 0 Å². The second-order valence-corrected chi connectivity index (χ2v) is 11.0. The zero-order valence-electron chi connectivity index (χ0n) is 19.3. The van der Waals surface area contributed by atoms with E-state index in [2.05, 4.69) is 39.1 Å². The minimum Gasteiger partial charge on any atom is -0.373 e. The first-order chi connectivity index (χ1) is 16.4. The van der Waals surface area contributed by atoms with Gasteiger partial charge in [-0.05, 0) is 30.4 Å². The summed E-state index contributed by atoms with van der Waals surface area (Å²) in [5.41, 5.74) is 10.4. The second-order valence-electron chi connectivity index (χ2n) is 9.02. The molecule has 2 aliphatic rings. The molecule has 0 spiro atoms. The van der Waals surface area contributed by atoms with Crippen LogP contribution in [0.1, 0.15) is 24.3 Å². The molecule has 2 N–H and O–H groups in total. The van der Waals surface area contributed by atoms with Gasteiger partial charge in [0.25, 0.3) is 0 Å². The Morgan fingerprint density at radius 1 is 1.06 bits per heavy atom. The Balaban J connectivity index is 1.33. The van der Waals surface area contributed by atoms with E-state index in [1.54, 1.807) is 16.7 Å². The van der Waals surface area contributed by atoms with Gasteiger partial charge in [-0.2, -0.15) is 0 Å². The number of aromatic nitrogens is 3. The van der Waals surface area contributed by atoms with Gasteiger partial charge in [-0.25, -0.2) is 22.7 Å². The molecule has 0 amide bonds. The van der Waals surface area contributed by atoms with E-state index in [0.717, 1.165) is 47.5 Å². The number of morpholine rings is 1. The van der Waals surface area contributed by atoms with Crippen LogP contribution in [0.4, 0.5) is 5.82 Å². The average molecular weight is 483 g/mol. The third-order valence-electron chi connectivity index (χ3n) is 6.74. The molecule has 2 aliphatic heterocycles. The van der Waals surface area contributed by atoms with Gasteiger partial charge in [0.2, 0.25) is 10.0 Å². The number of hydrogen-bond acceptors (Lipinski definition) is 8. The molecule has 3 aromatic rings. The molecule has 5 rings (SSSR count). The lowest BCUT2D eigenvalue weighted by Gasteiger charge is -2.33. The van der Waals surface area contributed by atoms with E-state index in [1.165, 1.54) is 11.8 Å². The van der Waals surface area contributed by atoms with Gasteiger partial charge in [-0.3, -0.25) is 4.98 Å². The van der Waals surface area contributed by atoms with E-state index in [-0.39, 0.29) is 6.10 Å². The van der Waals surface area contributed by atoms with Crippen LogP contribution in [0.2, 0.25) is 0 Å². The minimum absolute atomic E-state index is 0.0105. The second kappa shape index (κ2) is 9.53. The van der Waals surface area contributed by atoms with Crippen molar-refractivity contribution in [1.82, 2.24) is 19.3 Å². The fourth-order valence-corrected chi connectivity index (χ4v) is 5.61. The van der Waals surface area contributed by atoms with Crippen LogP contribution in [0, 0.1) is 0 Å². The quantitative estimate of drug-likeness (QED) is 0.587. The summed E-state index contributed by atoms with van der Waals surface area (Å²) in [5.74, 6) is 1.19. The Morgan fingerprint density at radius 3 is 2.53 bits per heavy atom. The molecule has 10 heteroatoms. The summed E-state index contributed by atoms with van der Waals surface area (Å²) < 4.78 is 30.8. The van der Waals surface area contributed by atoms with E-state index in [9.17, 15) is 8.42 Å². The normalized spacial score (nSPS) is 20.6. The number of anilines is 1. The number of hydrogen-bond donors (Lipinski definition) is 1. The highest BCUT2D eigenvalue weighted by Gasteiger charge is 2.26. The van der Waals surface area contributed by atoms with Crippen molar-refractivity contribution in [3.8, 4) is 11.3 Å². The largest absolute Gasteiger partial charge is 0.373 e. The van der Waals surface area contributed by atoms with Crippen molar-refractivity contribution in [3.63, 3.8) is 0 Å². The molecular formula is C24H30N6O3S. The third kappa shape index (κ3) is 4.90. The lowest BCUT2D eigenvalue weighted by Crippen LogP contribution is -2.46. The van der Waals surface area contributed by atoms with Gasteiger partial charge in [0, 0.05) is 38.3 Å². The van der Waals surface area contributed by atoms with Crippen LogP contribution in [0.25, 0.3) is 22.3 Å². The van der Waals surface area contributed by atoms with Crippen molar-refractivity contribution in [1.29, 1.82) is 0 Å². The SMILES string of the molecule is CS(=O)(=O)N1CCC(c2ccc(-c3cc4nc(N5CCO[C@@H](CN)C5)cnc4cn3)cc2)CC1. The maximum Gasteiger partial charge on any atom is 0.211 e. The predicted octanol–water partition coefficient (Wildman–Crippen LogP) is 1.99. The summed E-state index contributed by atoms with van der Waals surface area (Å²) in [4.78, 5) is 16.2. The highest BCUT2D eigenvalue weighted by molar-refractivity contribution is 7.88. The zero-order chi connectivity index (χ0) is 23.7. The molecule has 4 heterocycles. The molecule has 2 saturated heterocycles. The van der Waals surface area contributed by atoms with Crippen LogP contribution in [-0.4, -0.2) is 79.4 Å². The Labute approximate surface area is 200 Å². The monoisotopic (exact) mass is 482 g/mol. The third-order valence-corrected chi connectivity index (χ3v) is 8.05. The number of rotatable bonds is 5. The molecule has 0 saturated carbocycles. The minimum atomic E-state index is -3.11. The summed E-state index contributed by atoms with van der Waals surface area (Å²) in [6.45, 7) is 3.74. The molecule has 1 aromatic carbocycles. The molecule has 2 fully saturated rings. The number of fused-ring (bicyclic) bond motifs is 1. The van der Waals surface area contributed by atoms with Crippen molar-refractivity contribution in [2.75, 3.05) is 50.5 Å². The number of sulfonamides is 1. The smallest absolute Gasteiger partial charge is 0.211 e. The first-order valence-electron chi connectivity index (χ1n) is 11.7. The van der Waals surface area contributed by atoms with E-state index in [1.807, 2.05) is 6.07 Å². The molecular weight excluding hydrogens is 452 g/mol. The first-order valence-corrected chi connectivity index (χ1v) is 13.5. The summed E-state index contributed by atoms with van der Waals surface area (Å²) in [7, 11) is -3.11. The molecule has 0 radical (unpaired) electrons. The van der Waals surface area contributed by atoms with Gasteiger partial charge in [0.15, 0.2) is 0 Å². The maximum absolute atomic E-state index is 11.8. The van der Waals surface area contributed by atoms with Gasteiger partial charge >= 0.3 is 0 Å². The molecule has 0 aliphatic carbocycles. The lowest BCUT2D eigenvalue weighted by atomic mass is 9.89. The molecule has 2 aromatic heterocycles. The Bertz CT molecular complexity index is 1260. The Hall–Kier alpha value is -2.66. The van der Waals surface area contributed by atoms with Gasteiger partial charge in [-0.1, -0.05) is 24.3 Å². The molecule has 9 nitrogen and oxygen atoms in total. The Kier molecular flexibility index (Phi) is 6.48. The topological polar surface area (TPSA) is 115 Å². The van der Waals surface area contributed by atoms with Crippen molar-refractivity contribution in [2.45, 2.75) is 24.9 Å². The number of ether oxygens (including phenoxy) is 1. The maximum atomic E-state index is 11.8. The summed E-state index contributed by atoms with van der Waals surface area (Å²) in [6, 6.07) is 10.4. The van der Waals surface area contributed by atoms with E-state index in [0.29, 0.717) is 38.7 Å². The molecule has 180 valence electrons. The number of nitrogens with zero attached hydrogens (tertiary/aromatic N) is 5. The molecule has 0 bridgehead atoms. The first kappa shape index (κ1) is 23.1. The lowest BCUT2D eigenvalue weighted by molar-refractivity contribution is 0.0463. The standard InChI is InChI=1S/C24H30N6O3S/c1-34(31,32)30-8-6-18(7-9-30)17-2-4-19(5-3-17)21-12-22-23(14-26-21)27-15-24(28-22)29-10-11-33-20(13-25)16-29/h2-5,12,14-15,18,20H,6-11,13,16,25H2,1H3/t20-/m0/s1. The highest BCUT2D eigenvalue weighted by Crippen LogP contribution is 2.31. The van der Waals surface area contributed by atoms with Crippen LogP contribution in [0.15, 0.2) is 42.7 Å². The summed E-state index contributed by atoms with van der Waals surface area (Å²) in [6.07, 6.45) is 6.52. The van der Waals surface area contributed by atoms with Crippen molar-refractivity contribution < 1.29 is 13.2 Å². The zero-order valence-corrected chi connectivity index (χ0v) is 20.1. The number of piperidine rings is 1. The predicted molar refractivity (Wildman–Crippen MR) is 132 cm³/mol. The van der Waals surface area contributed by atoms with Crippen LogP contribution in [0.3, 0.4) is 0 Å². The van der Waals surface area contributed by atoms with Crippen LogP contribution in [-0.2, 0) is 14.8 Å². The van der Waals surface area contributed by atoms with Gasteiger partial charge < -0.3 is 15.4 Å². The van der Waals surface area contributed by atoms with Gasteiger partial charge in [-0.15, -0.1) is 0 Å². The fourth-order valence-electron chi connectivity index (χ4n) is 4.73. The Morgan fingerprint density at radius 2 is 1.82 bits per heavy atom.